The second-order valence-electron chi connectivity index (χ2n) is 5.12. The molecule has 1 heterocycles. The van der Waals surface area contributed by atoms with Gasteiger partial charge in [-0.05, 0) is 49.4 Å². The average molecular weight is 365 g/mol. The van der Waals surface area contributed by atoms with Crippen molar-refractivity contribution < 1.29 is 18.0 Å². The molecule has 0 aliphatic carbocycles. The smallest absolute Gasteiger partial charge is 0.273 e. The summed E-state index contributed by atoms with van der Waals surface area (Å²) in [4.78, 5) is 24.2. The van der Waals surface area contributed by atoms with Crippen molar-refractivity contribution in [3.63, 3.8) is 0 Å². The molecule has 8 heteroatoms. The summed E-state index contributed by atoms with van der Waals surface area (Å²) in [5.41, 5.74) is 0.420. The minimum atomic E-state index is -4.07. The molecule has 0 saturated heterocycles. The number of carbonyl (C=O) groups is 2. The molecule has 6 nitrogen and oxygen atoms in total. The van der Waals surface area contributed by atoms with Gasteiger partial charge in [0.1, 0.15) is 4.90 Å². The number of rotatable bonds is 3. The highest BCUT2D eigenvalue weighted by molar-refractivity contribution is 7.94. The summed E-state index contributed by atoms with van der Waals surface area (Å²) in [7, 11) is -4.07. The minimum Gasteiger partial charge on any atom is -0.352 e. The molecule has 0 spiro atoms. The number of nitrogens with zero attached hydrogens (tertiary/aromatic N) is 1. The van der Waals surface area contributed by atoms with Crippen LogP contribution in [0.15, 0.2) is 47.4 Å². The lowest BCUT2D eigenvalue weighted by molar-refractivity contribution is 0.0953. The van der Waals surface area contributed by atoms with Gasteiger partial charge in [0.2, 0.25) is 0 Å². The summed E-state index contributed by atoms with van der Waals surface area (Å²) in [5.74, 6) is -1.05. The van der Waals surface area contributed by atoms with E-state index in [1.54, 1.807) is 6.92 Å². The Morgan fingerprint density at radius 1 is 1.17 bits per heavy atom. The zero-order chi connectivity index (χ0) is 17.5. The van der Waals surface area contributed by atoms with Crippen LogP contribution in [0.4, 0.5) is 5.69 Å². The molecule has 0 atom stereocenters. The third kappa shape index (κ3) is 2.55. The normalized spacial score (nSPS) is 15.2. The van der Waals surface area contributed by atoms with Crippen LogP contribution < -0.4 is 9.62 Å². The summed E-state index contributed by atoms with van der Waals surface area (Å²) in [6.45, 7) is 2.17. The first-order valence-corrected chi connectivity index (χ1v) is 8.95. The highest BCUT2D eigenvalue weighted by Crippen LogP contribution is 2.35. The number of amides is 2. The van der Waals surface area contributed by atoms with Crippen molar-refractivity contribution >= 4 is 39.1 Å². The summed E-state index contributed by atoms with van der Waals surface area (Å²) < 4.78 is 26.2. The van der Waals surface area contributed by atoms with E-state index < -0.39 is 21.8 Å². The molecule has 24 heavy (non-hydrogen) atoms. The molecule has 3 rings (SSSR count). The SMILES string of the molecule is CCNC(=O)c1ccc2c(c1)S(=O)(=O)N(c1ccc(Cl)cc1)C2=O. The second-order valence-corrected chi connectivity index (χ2v) is 7.31. The standard InChI is InChI=1S/C16H13ClN2O4S/c1-2-18-15(20)10-3-8-13-14(9-10)24(22,23)19(16(13)21)12-6-4-11(17)5-7-12/h3-9H,2H2,1H3,(H,18,20). The molecule has 0 radical (unpaired) electrons. The minimum absolute atomic E-state index is 0.0398. The van der Waals surface area contributed by atoms with Crippen molar-refractivity contribution in [2.24, 2.45) is 0 Å². The van der Waals surface area contributed by atoms with Gasteiger partial charge in [-0.15, -0.1) is 0 Å². The molecule has 0 saturated carbocycles. The third-order valence-electron chi connectivity index (χ3n) is 3.58. The first-order valence-electron chi connectivity index (χ1n) is 7.13. The molecule has 1 N–H and O–H groups in total. The Morgan fingerprint density at radius 3 is 2.46 bits per heavy atom. The van der Waals surface area contributed by atoms with Crippen molar-refractivity contribution in [1.82, 2.24) is 5.32 Å². The van der Waals surface area contributed by atoms with Gasteiger partial charge in [-0.2, -0.15) is 4.31 Å². The zero-order valence-corrected chi connectivity index (χ0v) is 14.2. The summed E-state index contributed by atoms with van der Waals surface area (Å²) in [6.07, 6.45) is 0. The Morgan fingerprint density at radius 2 is 1.83 bits per heavy atom. The van der Waals surface area contributed by atoms with E-state index in [-0.39, 0.29) is 21.7 Å². The van der Waals surface area contributed by atoms with Crippen LogP contribution in [-0.4, -0.2) is 26.8 Å². The van der Waals surface area contributed by atoms with Crippen LogP contribution in [-0.2, 0) is 10.0 Å². The maximum absolute atomic E-state index is 12.8. The lowest BCUT2D eigenvalue weighted by Crippen LogP contribution is -2.29. The highest BCUT2D eigenvalue weighted by Gasteiger charge is 2.42. The van der Waals surface area contributed by atoms with Crippen molar-refractivity contribution in [3.8, 4) is 0 Å². The number of hydrogen-bond donors (Lipinski definition) is 1. The van der Waals surface area contributed by atoms with Crippen molar-refractivity contribution in [1.29, 1.82) is 0 Å². The van der Waals surface area contributed by atoms with E-state index in [1.165, 1.54) is 42.5 Å². The molecule has 0 bridgehead atoms. The quantitative estimate of drug-likeness (QED) is 0.906. The van der Waals surface area contributed by atoms with Crippen LogP contribution in [0.1, 0.15) is 27.6 Å². The lowest BCUT2D eigenvalue weighted by Gasteiger charge is -2.14. The number of sulfonamides is 1. The summed E-state index contributed by atoms with van der Waals surface area (Å²) in [6, 6.07) is 9.93. The fourth-order valence-electron chi connectivity index (χ4n) is 2.47. The van der Waals surface area contributed by atoms with E-state index >= 15 is 0 Å². The van der Waals surface area contributed by atoms with E-state index in [0.717, 1.165) is 4.31 Å². The molecule has 0 aromatic heterocycles. The number of benzene rings is 2. The van der Waals surface area contributed by atoms with Crippen LogP contribution in [0.5, 0.6) is 0 Å². The summed E-state index contributed by atoms with van der Waals surface area (Å²) >= 11 is 5.80. The van der Waals surface area contributed by atoms with Crippen LogP contribution in [0.2, 0.25) is 5.02 Å². The lowest BCUT2D eigenvalue weighted by atomic mass is 10.1. The molecule has 0 unspecified atom stereocenters. The number of carbonyl (C=O) groups excluding carboxylic acids is 2. The zero-order valence-electron chi connectivity index (χ0n) is 12.6. The van der Waals surface area contributed by atoms with Crippen molar-refractivity contribution in [3.05, 3.63) is 58.6 Å². The maximum atomic E-state index is 12.8. The van der Waals surface area contributed by atoms with Gasteiger partial charge in [0.05, 0.1) is 11.3 Å². The molecule has 2 aromatic rings. The van der Waals surface area contributed by atoms with Crippen LogP contribution in [0.25, 0.3) is 0 Å². The topological polar surface area (TPSA) is 83.6 Å². The van der Waals surface area contributed by atoms with Gasteiger partial charge in [0.25, 0.3) is 21.8 Å². The Bertz CT molecular complexity index is 939. The summed E-state index contributed by atoms with van der Waals surface area (Å²) in [5, 5.41) is 3.02. The maximum Gasteiger partial charge on any atom is 0.273 e. The molecule has 1 aliphatic rings. The Hall–Kier alpha value is -2.38. The Kier molecular flexibility index (Phi) is 4.06. The predicted molar refractivity (Wildman–Crippen MR) is 89.9 cm³/mol. The average Bonchev–Trinajstić information content (AvgIpc) is 2.75. The molecular formula is C16H13ClN2O4S. The Balaban J connectivity index is 2.10. The molecule has 2 aromatic carbocycles. The fraction of sp³-hybridized carbons (Fsp3) is 0.125. The van der Waals surface area contributed by atoms with Crippen molar-refractivity contribution in [2.75, 3.05) is 10.8 Å². The molecule has 0 fully saturated rings. The number of halogens is 1. The van der Waals surface area contributed by atoms with E-state index in [1.807, 2.05) is 0 Å². The van der Waals surface area contributed by atoms with Crippen LogP contribution in [0, 0.1) is 0 Å². The van der Waals surface area contributed by atoms with Gasteiger partial charge < -0.3 is 5.32 Å². The van der Waals surface area contributed by atoms with E-state index in [0.29, 0.717) is 11.6 Å². The third-order valence-corrected chi connectivity index (χ3v) is 5.58. The van der Waals surface area contributed by atoms with Crippen LogP contribution in [0.3, 0.4) is 0 Å². The number of hydrogen-bond acceptors (Lipinski definition) is 4. The Labute approximate surface area is 144 Å². The van der Waals surface area contributed by atoms with Gasteiger partial charge in [-0.1, -0.05) is 11.6 Å². The second kappa shape index (κ2) is 5.92. The van der Waals surface area contributed by atoms with Crippen molar-refractivity contribution in [2.45, 2.75) is 11.8 Å². The predicted octanol–water partition coefficient (Wildman–Crippen LogP) is 2.44. The van der Waals surface area contributed by atoms with E-state index in [2.05, 4.69) is 5.32 Å². The molecule has 1 aliphatic heterocycles. The monoisotopic (exact) mass is 364 g/mol. The number of fused-ring (bicyclic) bond motifs is 1. The van der Waals surface area contributed by atoms with Gasteiger partial charge in [-0.3, -0.25) is 9.59 Å². The van der Waals surface area contributed by atoms with E-state index in [9.17, 15) is 18.0 Å². The van der Waals surface area contributed by atoms with Gasteiger partial charge in [-0.25, -0.2) is 8.42 Å². The highest BCUT2D eigenvalue weighted by atomic mass is 35.5. The first-order chi connectivity index (χ1) is 11.4. The van der Waals surface area contributed by atoms with E-state index in [4.69, 9.17) is 11.6 Å². The van der Waals surface area contributed by atoms with Crippen LogP contribution >= 0.6 is 11.6 Å². The molecule has 2 amide bonds. The van der Waals surface area contributed by atoms with Gasteiger partial charge >= 0.3 is 0 Å². The molecule has 124 valence electrons. The number of nitrogens with one attached hydrogen (secondary N) is 1. The number of anilines is 1. The first kappa shape index (κ1) is 16.5. The van der Waals surface area contributed by atoms with Gasteiger partial charge in [0.15, 0.2) is 0 Å². The molecular weight excluding hydrogens is 352 g/mol. The largest absolute Gasteiger partial charge is 0.352 e. The fourth-order valence-corrected chi connectivity index (χ4v) is 4.21. The van der Waals surface area contributed by atoms with Gasteiger partial charge in [0, 0.05) is 17.1 Å².